The fourth-order valence-electron chi connectivity index (χ4n) is 5.93. The molecule has 1 aliphatic rings. The first kappa shape index (κ1) is 36.9. The van der Waals surface area contributed by atoms with E-state index in [4.69, 9.17) is 14.7 Å². The van der Waals surface area contributed by atoms with Crippen molar-refractivity contribution in [1.29, 1.82) is 5.26 Å². The molecule has 2 N–H and O–H groups in total. The zero-order valence-corrected chi connectivity index (χ0v) is 30.2. The number of carbonyl (C=O) groups excluding carboxylic acids is 1. The molecule has 5 aromatic rings. The van der Waals surface area contributed by atoms with Gasteiger partial charge in [0.15, 0.2) is 0 Å². The standard InChI is InChI=1S/C38H37F2N7O5S/c1-23-7-12-28-29(13-14-31(40)33(28)46-53(49,50)22-25-10-8-24(19-41)9-11-25)34(23)51-35-30(6-5-16-42-35)32-15-17-43-36(45-32)44-27-18-26(39)20-47(21-27)37(48)52-38(2,3)4/h5-17,26-27,46H,18,20-22H2,1-4H3,(H,43,44,45). The van der Waals surface area contributed by atoms with Gasteiger partial charge in [-0.05, 0) is 81.3 Å². The molecular formula is C38H37F2N7O5S. The van der Waals surface area contributed by atoms with Gasteiger partial charge in [0.1, 0.15) is 23.3 Å². The average Bonchev–Trinajstić information content (AvgIpc) is 3.10. The molecule has 2 atom stereocenters. The number of pyridine rings is 1. The predicted octanol–water partition coefficient (Wildman–Crippen LogP) is 7.50. The van der Waals surface area contributed by atoms with E-state index < -0.39 is 45.5 Å². The number of nitrogens with zero attached hydrogens (tertiary/aromatic N) is 5. The Morgan fingerprint density at radius 3 is 2.51 bits per heavy atom. The largest absolute Gasteiger partial charge is 0.444 e. The molecule has 3 aromatic carbocycles. The molecule has 2 unspecified atom stereocenters. The second-order valence-corrected chi connectivity index (χ2v) is 15.4. The van der Waals surface area contributed by atoms with Crippen molar-refractivity contribution in [3.8, 4) is 29.0 Å². The topological polar surface area (TPSA) is 159 Å². The third kappa shape index (κ3) is 8.96. The number of rotatable bonds is 9. The number of likely N-dealkylation sites (tertiary alicyclic amines) is 1. The molecule has 6 rings (SSSR count). The smallest absolute Gasteiger partial charge is 0.410 e. The lowest BCUT2D eigenvalue weighted by Crippen LogP contribution is -2.51. The van der Waals surface area contributed by atoms with Crippen molar-refractivity contribution in [2.75, 3.05) is 23.1 Å². The molecule has 0 spiro atoms. The maximum absolute atomic E-state index is 15.3. The molecule has 2 aromatic heterocycles. The Morgan fingerprint density at radius 2 is 1.77 bits per heavy atom. The van der Waals surface area contributed by atoms with Crippen LogP contribution in [0.2, 0.25) is 0 Å². The van der Waals surface area contributed by atoms with Crippen LogP contribution >= 0.6 is 0 Å². The normalized spacial score (nSPS) is 16.1. The fraction of sp³-hybridized carbons (Fsp3) is 0.289. The van der Waals surface area contributed by atoms with E-state index in [0.29, 0.717) is 39.1 Å². The number of hydrogen-bond donors (Lipinski definition) is 2. The van der Waals surface area contributed by atoms with Gasteiger partial charge < -0.3 is 19.7 Å². The van der Waals surface area contributed by atoms with E-state index in [0.717, 1.165) is 6.07 Å². The molecule has 3 heterocycles. The summed E-state index contributed by atoms with van der Waals surface area (Å²) in [6.07, 6.45) is 1.34. The van der Waals surface area contributed by atoms with Gasteiger partial charge in [-0.1, -0.05) is 24.3 Å². The predicted molar refractivity (Wildman–Crippen MR) is 196 cm³/mol. The van der Waals surface area contributed by atoms with E-state index in [9.17, 15) is 17.6 Å². The van der Waals surface area contributed by atoms with Crippen LogP contribution in [-0.2, 0) is 20.5 Å². The Bertz CT molecular complexity index is 2310. The number of nitriles is 1. The van der Waals surface area contributed by atoms with Gasteiger partial charge >= 0.3 is 6.09 Å². The number of ether oxygens (including phenoxy) is 2. The van der Waals surface area contributed by atoms with Gasteiger partial charge in [0.05, 0.1) is 40.9 Å². The van der Waals surface area contributed by atoms with Crippen LogP contribution in [0.3, 0.4) is 0 Å². The summed E-state index contributed by atoms with van der Waals surface area (Å²) in [4.78, 5) is 27.4. The third-order valence-corrected chi connectivity index (χ3v) is 9.51. The summed E-state index contributed by atoms with van der Waals surface area (Å²) in [5.41, 5.74) is 1.44. The zero-order chi connectivity index (χ0) is 37.9. The van der Waals surface area contributed by atoms with Crippen LogP contribution in [0.5, 0.6) is 11.6 Å². The van der Waals surface area contributed by atoms with E-state index in [1.54, 1.807) is 58.0 Å². The summed E-state index contributed by atoms with van der Waals surface area (Å²) < 4.78 is 70.7. The number of piperidine rings is 1. The summed E-state index contributed by atoms with van der Waals surface area (Å²) in [6, 6.07) is 18.7. The number of aromatic nitrogens is 3. The fourth-order valence-corrected chi connectivity index (χ4v) is 7.15. The highest BCUT2D eigenvalue weighted by molar-refractivity contribution is 7.91. The number of carbonyl (C=O) groups is 1. The lowest BCUT2D eigenvalue weighted by atomic mass is 10.0. The van der Waals surface area contributed by atoms with Crippen LogP contribution in [0.1, 0.15) is 43.9 Å². The molecule has 1 aliphatic heterocycles. The monoisotopic (exact) mass is 741 g/mol. The Kier molecular flexibility index (Phi) is 10.4. The Balaban J connectivity index is 1.26. The Hall–Kier alpha value is -5.88. The first-order chi connectivity index (χ1) is 25.2. The minimum Gasteiger partial charge on any atom is -0.444 e. The van der Waals surface area contributed by atoms with Crippen LogP contribution in [0.25, 0.3) is 22.0 Å². The first-order valence-corrected chi connectivity index (χ1v) is 18.4. The first-order valence-electron chi connectivity index (χ1n) is 16.7. The van der Waals surface area contributed by atoms with Crippen molar-refractivity contribution in [1.82, 2.24) is 19.9 Å². The number of benzene rings is 3. The van der Waals surface area contributed by atoms with Crippen LogP contribution in [0.4, 0.5) is 25.2 Å². The number of fused-ring (bicyclic) bond motifs is 1. The van der Waals surface area contributed by atoms with Gasteiger partial charge in [0.25, 0.3) is 0 Å². The maximum Gasteiger partial charge on any atom is 0.410 e. The van der Waals surface area contributed by atoms with Gasteiger partial charge in [0, 0.05) is 42.2 Å². The molecule has 0 aliphatic carbocycles. The molecule has 53 heavy (non-hydrogen) atoms. The lowest BCUT2D eigenvalue weighted by Gasteiger charge is -2.36. The van der Waals surface area contributed by atoms with Crippen molar-refractivity contribution in [3.05, 3.63) is 102 Å². The van der Waals surface area contributed by atoms with E-state index in [1.807, 2.05) is 6.07 Å². The highest BCUT2D eigenvalue weighted by atomic mass is 32.2. The van der Waals surface area contributed by atoms with Gasteiger partial charge in [-0.25, -0.2) is 36.9 Å². The molecule has 0 bridgehead atoms. The summed E-state index contributed by atoms with van der Waals surface area (Å²) in [5.74, 6) is -0.524. The average molecular weight is 742 g/mol. The Labute approximate surface area is 305 Å². The number of sulfonamides is 1. The second kappa shape index (κ2) is 15.0. The van der Waals surface area contributed by atoms with Crippen LogP contribution < -0.4 is 14.8 Å². The van der Waals surface area contributed by atoms with Crippen LogP contribution in [0.15, 0.2) is 79.1 Å². The number of hydrogen-bond acceptors (Lipinski definition) is 10. The molecule has 1 amide bonds. The van der Waals surface area contributed by atoms with Crippen molar-refractivity contribution in [3.63, 3.8) is 0 Å². The lowest BCUT2D eigenvalue weighted by molar-refractivity contribution is 0.0124. The number of halogens is 2. The molecule has 12 nitrogen and oxygen atoms in total. The van der Waals surface area contributed by atoms with Crippen molar-refractivity contribution >= 4 is 38.5 Å². The van der Waals surface area contributed by atoms with E-state index in [2.05, 4.69) is 25.0 Å². The highest BCUT2D eigenvalue weighted by Gasteiger charge is 2.33. The summed E-state index contributed by atoms with van der Waals surface area (Å²) >= 11 is 0. The highest BCUT2D eigenvalue weighted by Crippen LogP contribution is 2.40. The van der Waals surface area contributed by atoms with E-state index in [1.165, 1.54) is 47.6 Å². The Morgan fingerprint density at radius 1 is 1.02 bits per heavy atom. The number of anilines is 2. The molecule has 274 valence electrons. The van der Waals surface area contributed by atoms with Crippen molar-refractivity contribution < 1.29 is 31.5 Å². The van der Waals surface area contributed by atoms with E-state index in [-0.39, 0.29) is 42.4 Å². The second-order valence-electron chi connectivity index (χ2n) is 13.7. The molecule has 15 heteroatoms. The van der Waals surface area contributed by atoms with E-state index >= 15 is 4.39 Å². The summed E-state index contributed by atoms with van der Waals surface area (Å²) in [5, 5.41) is 12.9. The molecule has 1 fully saturated rings. The minimum absolute atomic E-state index is 0.0728. The molecule has 0 radical (unpaired) electrons. The van der Waals surface area contributed by atoms with Crippen molar-refractivity contribution in [2.24, 2.45) is 0 Å². The van der Waals surface area contributed by atoms with Crippen LogP contribution in [0, 0.1) is 24.1 Å². The SMILES string of the molecule is Cc1ccc2c(NS(=O)(=O)Cc3ccc(C#N)cc3)c(F)ccc2c1Oc1ncccc1-c1ccnc(NC2CC(F)CN(C(=O)OC(C)(C)C)C2)n1. The maximum atomic E-state index is 15.3. The van der Waals surface area contributed by atoms with Gasteiger partial charge in [-0.3, -0.25) is 4.72 Å². The van der Waals surface area contributed by atoms with Gasteiger partial charge in [0.2, 0.25) is 21.9 Å². The quantitative estimate of drug-likeness (QED) is 0.155. The summed E-state index contributed by atoms with van der Waals surface area (Å²) in [6.45, 7) is 7.16. The van der Waals surface area contributed by atoms with Crippen molar-refractivity contribution in [2.45, 2.75) is 57.7 Å². The minimum atomic E-state index is -4.07. The number of amides is 1. The zero-order valence-electron chi connectivity index (χ0n) is 29.4. The van der Waals surface area contributed by atoms with Crippen LogP contribution in [-0.4, -0.2) is 65.3 Å². The summed E-state index contributed by atoms with van der Waals surface area (Å²) in [7, 11) is -4.07. The molecule has 1 saturated heterocycles. The number of alkyl halides is 1. The molecule has 0 saturated carbocycles. The number of nitrogens with one attached hydrogen (secondary N) is 2. The van der Waals surface area contributed by atoms with Gasteiger partial charge in [-0.2, -0.15) is 5.26 Å². The van der Waals surface area contributed by atoms with Gasteiger partial charge in [-0.15, -0.1) is 0 Å². The third-order valence-electron chi connectivity index (χ3n) is 8.28. The molecular weight excluding hydrogens is 705 g/mol. The number of aryl methyl sites for hydroxylation is 1.